The van der Waals surface area contributed by atoms with Crippen LogP contribution in [0, 0.1) is 6.92 Å². The maximum absolute atomic E-state index is 8.00. The van der Waals surface area contributed by atoms with E-state index in [1.165, 1.54) is 80.7 Å². The van der Waals surface area contributed by atoms with Crippen molar-refractivity contribution in [3.8, 4) is 33.4 Å². The SMILES string of the molecule is [2H]c1ccc2cc(-c3cccc(-c4c5ccccc5c(-c5cccc6sc7c(C)cccc7c56)c5ccccc45)c3)ccc2c1. The topological polar surface area (TPSA) is 0 Å². The van der Waals surface area contributed by atoms with Crippen LogP contribution in [-0.4, -0.2) is 0 Å². The third-order valence-electron chi connectivity index (χ3n) is 9.09. The Kier molecular flexibility index (Phi) is 5.46. The Morgan fingerprint density at radius 1 is 0.477 bits per heavy atom. The van der Waals surface area contributed by atoms with Crippen LogP contribution in [0.5, 0.6) is 0 Å². The highest BCUT2D eigenvalue weighted by Gasteiger charge is 2.20. The van der Waals surface area contributed by atoms with E-state index in [1.54, 1.807) is 0 Å². The minimum absolute atomic E-state index is 0.540. The van der Waals surface area contributed by atoms with Crippen molar-refractivity contribution < 1.29 is 1.37 Å². The zero-order valence-corrected chi connectivity index (χ0v) is 25.1. The normalized spacial score (nSPS) is 12.1. The Morgan fingerprint density at radius 2 is 1.14 bits per heavy atom. The molecular weight excluding hydrogens is 549 g/mol. The second-order valence-corrected chi connectivity index (χ2v) is 12.7. The zero-order chi connectivity index (χ0) is 30.1. The van der Waals surface area contributed by atoms with Gasteiger partial charge in [-0.2, -0.15) is 0 Å². The van der Waals surface area contributed by atoms with Gasteiger partial charge in [0.05, 0.1) is 1.37 Å². The number of hydrogen-bond donors (Lipinski definition) is 0. The molecule has 8 aromatic carbocycles. The fourth-order valence-electron chi connectivity index (χ4n) is 7.09. The third-order valence-corrected chi connectivity index (χ3v) is 10.4. The van der Waals surface area contributed by atoms with Crippen molar-refractivity contribution in [3.63, 3.8) is 0 Å². The number of hydrogen-bond acceptors (Lipinski definition) is 1. The summed E-state index contributed by atoms with van der Waals surface area (Å²) in [6, 6.07) is 53.2. The smallest absolute Gasteiger partial charge is 0.0623 e. The first-order valence-corrected chi connectivity index (χ1v) is 15.9. The third kappa shape index (κ3) is 3.83. The number of aryl methyl sites for hydroxylation is 1. The highest BCUT2D eigenvalue weighted by atomic mass is 32.1. The van der Waals surface area contributed by atoms with Crippen molar-refractivity contribution in [3.05, 3.63) is 157 Å². The summed E-state index contributed by atoms with van der Waals surface area (Å²) in [7, 11) is 0. The lowest BCUT2D eigenvalue weighted by Crippen LogP contribution is -1.91. The van der Waals surface area contributed by atoms with Crippen molar-refractivity contribution in [2.24, 2.45) is 0 Å². The lowest BCUT2D eigenvalue weighted by molar-refractivity contribution is 1.56. The van der Waals surface area contributed by atoms with Gasteiger partial charge >= 0.3 is 0 Å². The summed E-state index contributed by atoms with van der Waals surface area (Å²) >= 11 is 1.90. The van der Waals surface area contributed by atoms with Crippen molar-refractivity contribution in [2.75, 3.05) is 0 Å². The van der Waals surface area contributed by atoms with E-state index < -0.39 is 0 Å². The van der Waals surface area contributed by atoms with E-state index in [1.807, 2.05) is 29.5 Å². The highest BCUT2D eigenvalue weighted by Crippen LogP contribution is 2.48. The van der Waals surface area contributed by atoms with E-state index >= 15 is 0 Å². The number of rotatable bonds is 3. The van der Waals surface area contributed by atoms with Gasteiger partial charge in [0.1, 0.15) is 0 Å². The summed E-state index contributed by atoms with van der Waals surface area (Å²) < 4.78 is 10.7. The molecule has 206 valence electrons. The van der Waals surface area contributed by atoms with Crippen LogP contribution in [0.25, 0.3) is 85.9 Å². The molecule has 0 fully saturated rings. The van der Waals surface area contributed by atoms with Crippen LogP contribution in [-0.2, 0) is 0 Å². The predicted molar refractivity (Wildman–Crippen MR) is 193 cm³/mol. The maximum Gasteiger partial charge on any atom is 0.0623 e. The first kappa shape index (κ1) is 24.2. The largest absolute Gasteiger partial charge is 0.135 e. The van der Waals surface area contributed by atoms with E-state index in [2.05, 4.69) is 134 Å². The molecular formula is C43H28S. The van der Waals surface area contributed by atoms with Gasteiger partial charge in [0.25, 0.3) is 0 Å². The lowest BCUT2D eigenvalue weighted by atomic mass is 9.84. The van der Waals surface area contributed by atoms with Crippen LogP contribution in [0.1, 0.15) is 6.93 Å². The molecule has 0 atom stereocenters. The molecule has 0 saturated carbocycles. The summed E-state index contributed by atoms with van der Waals surface area (Å²) in [5, 5.41) is 10.00. The molecule has 0 bridgehead atoms. The minimum Gasteiger partial charge on any atom is -0.135 e. The zero-order valence-electron chi connectivity index (χ0n) is 25.3. The van der Waals surface area contributed by atoms with Gasteiger partial charge in [-0.25, -0.2) is 0 Å². The summed E-state index contributed by atoms with van der Waals surface area (Å²) in [5.41, 5.74) is 8.77. The average molecular weight is 578 g/mol. The maximum atomic E-state index is 8.00. The molecule has 1 aromatic heterocycles. The molecule has 0 amide bonds. The van der Waals surface area contributed by atoms with Crippen molar-refractivity contribution in [2.45, 2.75) is 6.92 Å². The van der Waals surface area contributed by atoms with Crippen LogP contribution in [0.3, 0.4) is 0 Å². The Balaban J connectivity index is 1.33. The van der Waals surface area contributed by atoms with Gasteiger partial charge in [-0.3, -0.25) is 0 Å². The van der Waals surface area contributed by atoms with Crippen LogP contribution >= 0.6 is 11.3 Å². The van der Waals surface area contributed by atoms with E-state index in [-0.39, 0.29) is 0 Å². The molecule has 0 aliphatic heterocycles. The first-order valence-electron chi connectivity index (χ1n) is 15.6. The van der Waals surface area contributed by atoms with Gasteiger partial charge in [-0.15, -0.1) is 11.3 Å². The predicted octanol–water partition coefficient (Wildman–Crippen LogP) is 12.8. The fourth-order valence-corrected chi connectivity index (χ4v) is 8.28. The number of benzene rings is 8. The van der Waals surface area contributed by atoms with E-state index in [0.29, 0.717) is 6.04 Å². The van der Waals surface area contributed by atoms with Crippen molar-refractivity contribution >= 4 is 63.8 Å². The molecule has 0 aliphatic rings. The molecule has 44 heavy (non-hydrogen) atoms. The Hall–Kier alpha value is -5.24. The summed E-state index contributed by atoms with van der Waals surface area (Å²) in [6.07, 6.45) is 0. The number of fused-ring (bicyclic) bond motifs is 6. The Bertz CT molecular complexity index is 2570. The second kappa shape index (κ2) is 9.91. The summed E-state index contributed by atoms with van der Waals surface area (Å²) in [4.78, 5) is 0. The van der Waals surface area contributed by atoms with Gasteiger partial charge in [-0.1, -0.05) is 133 Å². The molecule has 0 aliphatic carbocycles. The molecule has 0 unspecified atom stereocenters. The van der Waals surface area contributed by atoms with Crippen molar-refractivity contribution in [1.82, 2.24) is 0 Å². The van der Waals surface area contributed by atoms with Crippen LogP contribution in [0.2, 0.25) is 0 Å². The Morgan fingerprint density at radius 3 is 1.93 bits per heavy atom. The van der Waals surface area contributed by atoms with Crippen LogP contribution < -0.4 is 0 Å². The minimum atomic E-state index is 0.540. The molecule has 1 heteroatoms. The van der Waals surface area contributed by atoms with E-state index in [9.17, 15) is 0 Å². The van der Waals surface area contributed by atoms with E-state index in [0.717, 1.165) is 10.8 Å². The molecule has 9 aromatic rings. The molecule has 0 nitrogen and oxygen atoms in total. The van der Waals surface area contributed by atoms with Gasteiger partial charge in [0, 0.05) is 20.2 Å². The highest BCUT2D eigenvalue weighted by molar-refractivity contribution is 7.26. The van der Waals surface area contributed by atoms with Crippen LogP contribution in [0.15, 0.2) is 152 Å². The van der Waals surface area contributed by atoms with E-state index in [4.69, 9.17) is 1.37 Å². The molecule has 0 N–H and O–H groups in total. The molecule has 9 rings (SSSR count). The van der Waals surface area contributed by atoms with Crippen LogP contribution in [0.4, 0.5) is 0 Å². The van der Waals surface area contributed by atoms with Gasteiger partial charge in [0.2, 0.25) is 0 Å². The summed E-state index contributed by atoms with van der Waals surface area (Å²) in [6.45, 7) is 2.22. The van der Waals surface area contributed by atoms with Gasteiger partial charge < -0.3 is 0 Å². The molecule has 0 radical (unpaired) electrons. The first-order chi connectivity index (χ1) is 22.1. The second-order valence-electron chi connectivity index (χ2n) is 11.6. The fraction of sp³-hybridized carbons (Fsp3) is 0.0233. The van der Waals surface area contributed by atoms with Gasteiger partial charge in [0.15, 0.2) is 0 Å². The lowest BCUT2D eigenvalue weighted by Gasteiger charge is -2.19. The average Bonchev–Trinajstić information content (AvgIpc) is 3.47. The summed E-state index contributed by atoms with van der Waals surface area (Å²) in [5.74, 6) is 0. The van der Waals surface area contributed by atoms with Crippen molar-refractivity contribution in [1.29, 1.82) is 0 Å². The molecule has 1 heterocycles. The quantitative estimate of drug-likeness (QED) is 0.183. The Labute approximate surface area is 261 Å². The monoisotopic (exact) mass is 577 g/mol. The standard InChI is InChI=1S/C43H28S/c1-27-11-8-21-38-42-37(20-10-22-39(42)44-43(27)38)41-35-18-6-4-16-33(35)40(34-17-5-7-19-36(34)41)32-15-9-14-30(26-32)31-24-23-28-12-2-3-13-29(28)25-31/h2-26H,1H3/i2D. The molecule has 0 saturated heterocycles. The molecule has 0 spiro atoms. The van der Waals surface area contributed by atoms with Gasteiger partial charge in [-0.05, 0) is 96.4 Å². The number of thiophene rings is 1.